The molecule has 20 heavy (non-hydrogen) atoms. The Bertz CT molecular complexity index is 505. The van der Waals surface area contributed by atoms with Crippen molar-refractivity contribution in [1.82, 2.24) is 20.1 Å². The molecule has 1 aliphatic carbocycles. The minimum Gasteiger partial charge on any atom is -0.481 e. The molecule has 1 saturated carbocycles. The molecule has 1 aromatic heterocycles. The molecule has 7 heteroatoms. The zero-order chi connectivity index (χ0) is 14.8. The fourth-order valence-corrected chi connectivity index (χ4v) is 2.93. The highest BCUT2D eigenvalue weighted by Gasteiger charge is 2.41. The third-order valence-corrected chi connectivity index (χ3v) is 4.07. The summed E-state index contributed by atoms with van der Waals surface area (Å²) in [5, 5.41) is 15.7. The van der Waals surface area contributed by atoms with Gasteiger partial charge < -0.3 is 10.0 Å². The topological polar surface area (TPSA) is 99.2 Å². The SMILES string of the molecule is Cc1nc(C(=O)N(C)C2(CC(=O)O)CCCCC2)n[nH]1. The van der Waals surface area contributed by atoms with Crippen LogP contribution in [0.5, 0.6) is 0 Å². The van der Waals surface area contributed by atoms with E-state index in [1.807, 2.05) is 0 Å². The van der Waals surface area contributed by atoms with Gasteiger partial charge in [0.1, 0.15) is 5.82 Å². The zero-order valence-corrected chi connectivity index (χ0v) is 11.8. The van der Waals surface area contributed by atoms with Crippen molar-refractivity contribution in [3.63, 3.8) is 0 Å². The Morgan fingerprint density at radius 1 is 1.35 bits per heavy atom. The van der Waals surface area contributed by atoms with E-state index in [0.717, 1.165) is 19.3 Å². The van der Waals surface area contributed by atoms with E-state index in [-0.39, 0.29) is 18.2 Å². The Morgan fingerprint density at radius 2 is 2.00 bits per heavy atom. The summed E-state index contributed by atoms with van der Waals surface area (Å²) in [6, 6.07) is 0. The quantitative estimate of drug-likeness (QED) is 0.867. The van der Waals surface area contributed by atoms with Crippen LogP contribution in [0.4, 0.5) is 0 Å². The number of aryl methyl sites for hydroxylation is 1. The highest BCUT2D eigenvalue weighted by molar-refractivity contribution is 5.91. The highest BCUT2D eigenvalue weighted by Crippen LogP contribution is 2.36. The Labute approximate surface area is 117 Å². The number of aromatic amines is 1. The number of carboxylic acid groups (broad SMARTS) is 1. The number of aromatic nitrogens is 3. The molecular formula is C13H20N4O3. The van der Waals surface area contributed by atoms with Crippen LogP contribution < -0.4 is 0 Å². The average Bonchev–Trinajstić information content (AvgIpc) is 2.84. The van der Waals surface area contributed by atoms with Gasteiger partial charge in [-0.1, -0.05) is 19.3 Å². The molecule has 0 aliphatic heterocycles. The molecule has 2 rings (SSSR count). The van der Waals surface area contributed by atoms with Crippen LogP contribution >= 0.6 is 0 Å². The maximum atomic E-state index is 12.4. The van der Waals surface area contributed by atoms with Gasteiger partial charge in [0, 0.05) is 7.05 Å². The minimum atomic E-state index is -0.877. The van der Waals surface area contributed by atoms with Crippen molar-refractivity contribution >= 4 is 11.9 Å². The van der Waals surface area contributed by atoms with Crippen LogP contribution in [0.25, 0.3) is 0 Å². The molecule has 7 nitrogen and oxygen atoms in total. The molecule has 0 bridgehead atoms. The number of H-pyrrole nitrogens is 1. The van der Waals surface area contributed by atoms with Crippen LogP contribution in [0.1, 0.15) is 55.0 Å². The van der Waals surface area contributed by atoms with E-state index in [1.165, 1.54) is 4.90 Å². The minimum absolute atomic E-state index is 0.0291. The van der Waals surface area contributed by atoms with Gasteiger partial charge in [-0.15, -0.1) is 5.10 Å². The van der Waals surface area contributed by atoms with Gasteiger partial charge in [-0.25, -0.2) is 4.98 Å². The van der Waals surface area contributed by atoms with Crippen LogP contribution in [0.15, 0.2) is 0 Å². The number of rotatable bonds is 4. The Kier molecular flexibility index (Phi) is 4.06. The molecule has 1 amide bonds. The number of carbonyl (C=O) groups excluding carboxylic acids is 1. The Morgan fingerprint density at radius 3 is 2.50 bits per heavy atom. The van der Waals surface area contributed by atoms with Crippen molar-refractivity contribution in [3.05, 3.63) is 11.6 Å². The number of nitrogens with zero attached hydrogens (tertiary/aromatic N) is 3. The van der Waals surface area contributed by atoms with Crippen LogP contribution in [0.2, 0.25) is 0 Å². The number of carboxylic acids is 1. The van der Waals surface area contributed by atoms with Gasteiger partial charge in [0.25, 0.3) is 5.91 Å². The summed E-state index contributed by atoms with van der Waals surface area (Å²) in [4.78, 5) is 29.2. The summed E-state index contributed by atoms with van der Waals surface area (Å²) < 4.78 is 0. The summed E-state index contributed by atoms with van der Waals surface area (Å²) in [5.74, 6) is -0.534. The summed E-state index contributed by atoms with van der Waals surface area (Å²) in [5.41, 5.74) is -0.615. The van der Waals surface area contributed by atoms with Crippen molar-refractivity contribution in [2.24, 2.45) is 0 Å². The molecule has 1 aromatic rings. The van der Waals surface area contributed by atoms with Crippen LogP contribution in [-0.2, 0) is 4.79 Å². The van der Waals surface area contributed by atoms with Crippen molar-refractivity contribution < 1.29 is 14.7 Å². The van der Waals surface area contributed by atoms with E-state index < -0.39 is 11.5 Å². The summed E-state index contributed by atoms with van der Waals surface area (Å²) >= 11 is 0. The van der Waals surface area contributed by atoms with Crippen LogP contribution in [0, 0.1) is 6.92 Å². The zero-order valence-electron chi connectivity index (χ0n) is 11.8. The fourth-order valence-electron chi connectivity index (χ4n) is 2.93. The molecule has 0 spiro atoms. The lowest BCUT2D eigenvalue weighted by atomic mass is 9.78. The predicted molar refractivity (Wildman–Crippen MR) is 71.3 cm³/mol. The second-order valence-corrected chi connectivity index (χ2v) is 5.46. The Hall–Kier alpha value is -1.92. The fraction of sp³-hybridized carbons (Fsp3) is 0.692. The lowest BCUT2D eigenvalue weighted by molar-refractivity contribution is -0.140. The first kappa shape index (κ1) is 14.5. The van der Waals surface area contributed by atoms with E-state index in [1.54, 1.807) is 14.0 Å². The van der Waals surface area contributed by atoms with Crippen molar-refractivity contribution in [2.45, 2.75) is 51.0 Å². The van der Waals surface area contributed by atoms with Crippen LogP contribution in [-0.4, -0.2) is 49.7 Å². The van der Waals surface area contributed by atoms with Gasteiger partial charge in [0.15, 0.2) is 0 Å². The van der Waals surface area contributed by atoms with E-state index in [0.29, 0.717) is 18.7 Å². The molecule has 0 aromatic carbocycles. The van der Waals surface area contributed by atoms with E-state index in [4.69, 9.17) is 5.11 Å². The van der Waals surface area contributed by atoms with E-state index in [2.05, 4.69) is 15.2 Å². The summed E-state index contributed by atoms with van der Waals surface area (Å²) in [6.07, 6.45) is 4.37. The van der Waals surface area contributed by atoms with Crippen molar-refractivity contribution in [1.29, 1.82) is 0 Å². The smallest absolute Gasteiger partial charge is 0.305 e. The predicted octanol–water partition coefficient (Wildman–Crippen LogP) is 1.36. The molecule has 1 fully saturated rings. The first-order valence-corrected chi connectivity index (χ1v) is 6.83. The lowest BCUT2D eigenvalue weighted by Crippen LogP contribution is -2.52. The lowest BCUT2D eigenvalue weighted by Gasteiger charge is -2.43. The standard InChI is InChI=1S/C13H20N4O3/c1-9-14-11(16-15-9)12(20)17(2)13(8-10(18)19)6-4-3-5-7-13/h3-8H2,1-2H3,(H,18,19)(H,14,15,16). The average molecular weight is 280 g/mol. The number of amides is 1. The molecule has 0 radical (unpaired) electrons. The van der Waals surface area contributed by atoms with E-state index in [9.17, 15) is 9.59 Å². The second kappa shape index (κ2) is 5.60. The molecule has 0 unspecified atom stereocenters. The number of nitrogens with one attached hydrogen (secondary N) is 1. The molecular weight excluding hydrogens is 260 g/mol. The molecule has 0 saturated heterocycles. The second-order valence-electron chi connectivity index (χ2n) is 5.46. The number of aliphatic carboxylic acids is 1. The first-order valence-electron chi connectivity index (χ1n) is 6.83. The van der Waals surface area contributed by atoms with Gasteiger partial charge in [0.05, 0.1) is 12.0 Å². The van der Waals surface area contributed by atoms with Gasteiger partial charge in [0.2, 0.25) is 5.82 Å². The first-order chi connectivity index (χ1) is 9.44. The third-order valence-electron chi connectivity index (χ3n) is 4.07. The molecule has 1 heterocycles. The summed E-state index contributed by atoms with van der Waals surface area (Å²) in [6.45, 7) is 1.72. The van der Waals surface area contributed by atoms with Crippen molar-refractivity contribution in [3.8, 4) is 0 Å². The molecule has 0 atom stereocenters. The number of carbonyl (C=O) groups is 2. The van der Waals surface area contributed by atoms with Gasteiger partial charge in [-0.05, 0) is 19.8 Å². The number of hydrogen-bond acceptors (Lipinski definition) is 4. The number of hydrogen-bond donors (Lipinski definition) is 2. The van der Waals surface area contributed by atoms with Crippen molar-refractivity contribution in [2.75, 3.05) is 7.05 Å². The molecule has 1 aliphatic rings. The van der Waals surface area contributed by atoms with Gasteiger partial charge in [-0.2, -0.15) is 0 Å². The normalized spacial score (nSPS) is 17.7. The van der Waals surface area contributed by atoms with Crippen LogP contribution in [0.3, 0.4) is 0 Å². The molecule has 2 N–H and O–H groups in total. The summed E-state index contributed by atoms with van der Waals surface area (Å²) in [7, 11) is 1.66. The Balaban J connectivity index is 2.23. The monoisotopic (exact) mass is 280 g/mol. The third kappa shape index (κ3) is 2.81. The van der Waals surface area contributed by atoms with Gasteiger partial charge >= 0.3 is 5.97 Å². The largest absolute Gasteiger partial charge is 0.481 e. The highest BCUT2D eigenvalue weighted by atomic mass is 16.4. The maximum Gasteiger partial charge on any atom is 0.305 e. The van der Waals surface area contributed by atoms with Gasteiger partial charge in [-0.3, -0.25) is 14.7 Å². The van der Waals surface area contributed by atoms with E-state index >= 15 is 0 Å². The maximum absolute atomic E-state index is 12.4. The molecule has 110 valence electrons.